The number of aromatic nitrogens is 5. The van der Waals surface area contributed by atoms with Gasteiger partial charge in [-0.2, -0.15) is 0 Å². The summed E-state index contributed by atoms with van der Waals surface area (Å²) in [6.07, 6.45) is -6.11. The lowest BCUT2D eigenvalue weighted by Crippen LogP contribution is -2.39. The van der Waals surface area contributed by atoms with Gasteiger partial charge in [-0.15, -0.1) is 0 Å². The largest absolute Gasteiger partial charge is 0.382 e. The molecule has 0 aliphatic carbocycles. The fourth-order valence-corrected chi connectivity index (χ4v) is 8.59. The van der Waals surface area contributed by atoms with E-state index in [0.29, 0.717) is 11.5 Å². The van der Waals surface area contributed by atoms with E-state index in [1.54, 1.807) is 0 Å². The van der Waals surface area contributed by atoms with Gasteiger partial charge in [-0.3, -0.25) is 23.2 Å². The van der Waals surface area contributed by atoms with Crippen LogP contribution in [-0.4, -0.2) is 96.6 Å². The second-order valence-corrected chi connectivity index (χ2v) is 16.2. The van der Waals surface area contributed by atoms with Gasteiger partial charge in [0.2, 0.25) is 0 Å². The summed E-state index contributed by atoms with van der Waals surface area (Å²) in [6, 6.07) is 1.52. The van der Waals surface area contributed by atoms with Crippen molar-refractivity contribution in [1.29, 1.82) is 0 Å². The maximum Gasteiger partial charge on any atom is 0.336 e. The van der Waals surface area contributed by atoms with Gasteiger partial charge >= 0.3 is 19.1 Å². The number of imidazole rings is 2. The first-order chi connectivity index (χ1) is 21.9. The Labute approximate surface area is 268 Å². The highest BCUT2D eigenvalue weighted by atomic mass is 32.5. The number of anilines is 2. The van der Waals surface area contributed by atoms with Crippen molar-refractivity contribution in [2.45, 2.75) is 55.3 Å². The minimum Gasteiger partial charge on any atom is -0.382 e. The van der Waals surface area contributed by atoms with Crippen molar-refractivity contribution in [2.75, 3.05) is 31.4 Å². The molecule has 0 saturated carbocycles. The highest BCUT2D eigenvalue weighted by Gasteiger charge is 2.53. The van der Waals surface area contributed by atoms with Crippen LogP contribution in [0.15, 0.2) is 34.6 Å². The van der Waals surface area contributed by atoms with Crippen molar-refractivity contribution in [1.82, 2.24) is 23.5 Å². The van der Waals surface area contributed by atoms with Crippen LogP contribution < -0.4 is 22.5 Å². The summed E-state index contributed by atoms with van der Waals surface area (Å²) in [5.41, 5.74) is 11.8. The Morgan fingerprint density at radius 3 is 2.54 bits per heavy atom. The van der Waals surface area contributed by atoms with Crippen molar-refractivity contribution in [3.63, 3.8) is 0 Å². The summed E-state index contributed by atoms with van der Waals surface area (Å²) >= 11 is 10.6. The van der Waals surface area contributed by atoms with Crippen molar-refractivity contribution >= 4 is 60.7 Å². The summed E-state index contributed by atoms with van der Waals surface area (Å²) in [6.45, 7) is -9.40. The number of nitrogens with one attached hydrogen (secondary N) is 1. The van der Waals surface area contributed by atoms with Crippen LogP contribution in [0.25, 0.3) is 5.65 Å². The average molecular weight is 724 g/mol. The molecule has 3 fully saturated rings. The Balaban J connectivity index is 1.20. The van der Waals surface area contributed by atoms with E-state index in [9.17, 15) is 14.6 Å². The van der Waals surface area contributed by atoms with Crippen molar-refractivity contribution < 1.29 is 46.5 Å². The Kier molecular flexibility index (Phi) is 8.43. The molecule has 4 aliphatic heterocycles. The lowest BCUT2D eigenvalue weighted by Gasteiger charge is -2.28. The lowest BCUT2D eigenvalue weighted by molar-refractivity contribution is -0.0633. The van der Waals surface area contributed by atoms with E-state index in [0.717, 1.165) is 0 Å². The van der Waals surface area contributed by atoms with E-state index >= 15 is 4.39 Å². The average Bonchev–Trinajstić information content (AvgIpc) is 3.75. The first-order valence-electron chi connectivity index (χ1n) is 13.6. The van der Waals surface area contributed by atoms with Crippen LogP contribution in [0.3, 0.4) is 0 Å². The molecule has 0 aromatic carbocycles. The zero-order chi connectivity index (χ0) is 32.5. The summed E-state index contributed by atoms with van der Waals surface area (Å²) < 4.78 is 60.3. The third-order valence-corrected chi connectivity index (χ3v) is 10.9. The van der Waals surface area contributed by atoms with Crippen molar-refractivity contribution in [3.05, 3.63) is 41.0 Å². The van der Waals surface area contributed by atoms with E-state index in [1.807, 2.05) is 0 Å². The van der Waals surface area contributed by atoms with Gasteiger partial charge < -0.3 is 49.8 Å². The van der Waals surface area contributed by atoms with Gasteiger partial charge in [-0.1, -0.05) is 0 Å². The van der Waals surface area contributed by atoms with E-state index in [2.05, 4.69) is 20.3 Å². The van der Waals surface area contributed by atoms with E-state index in [4.69, 9.17) is 67.4 Å². The topological polar surface area (TPSA) is 239 Å². The SMILES string of the molecule is CO[C@H]1[C@H]2OP(O)(=S)OC[C@H]3O[C@@H](n4cnc5c4NC=NC5N)[C@H](F)[C@@H]3OP(O)(=S)OC[C@H]1O[C@H]2n1ccc2nc(N)cn2c1=O. The molecule has 24 heteroatoms. The van der Waals surface area contributed by atoms with Crippen LogP contribution in [0.5, 0.6) is 0 Å². The number of alkyl halides is 1. The molecule has 46 heavy (non-hydrogen) atoms. The third kappa shape index (κ3) is 5.75. The second kappa shape index (κ2) is 12.0. The molecule has 3 aromatic rings. The molecule has 0 radical (unpaired) electrons. The Morgan fingerprint density at radius 1 is 1.11 bits per heavy atom. The predicted molar refractivity (Wildman–Crippen MR) is 163 cm³/mol. The smallest absolute Gasteiger partial charge is 0.336 e. The molecule has 3 aromatic heterocycles. The number of nitrogens with zero attached hydrogens (tertiary/aromatic N) is 6. The van der Waals surface area contributed by atoms with Crippen LogP contribution in [0.2, 0.25) is 0 Å². The summed E-state index contributed by atoms with van der Waals surface area (Å²) in [4.78, 5) is 48.0. The molecule has 7 heterocycles. The minimum absolute atomic E-state index is 0.116. The van der Waals surface area contributed by atoms with Gasteiger partial charge in [-0.05, 0) is 29.7 Å². The third-order valence-electron chi connectivity index (χ3n) is 7.79. The number of aliphatic imine (C=N–C) groups is 1. The fraction of sp³-hybridized carbons (Fsp3) is 0.545. The van der Waals surface area contributed by atoms with Gasteiger partial charge in [0.25, 0.3) is 0 Å². The molecule has 0 spiro atoms. The molecule has 250 valence electrons. The van der Waals surface area contributed by atoms with Crippen LogP contribution >= 0.6 is 13.4 Å². The number of rotatable bonds is 3. The molecule has 19 nitrogen and oxygen atoms in total. The number of fused-ring (bicyclic) bond motifs is 5. The zero-order valence-electron chi connectivity index (χ0n) is 23.6. The van der Waals surface area contributed by atoms with Gasteiger partial charge in [0.15, 0.2) is 18.6 Å². The monoisotopic (exact) mass is 723 g/mol. The molecular formula is C22H28FN9O10P2S2. The molecule has 4 aliphatic rings. The van der Waals surface area contributed by atoms with Crippen molar-refractivity contribution in [2.24, 2.45) is 10.7 Å². The molecule has 3 unspecified atom stereocenters. The van der Waals surface area contributed by atoms with Gasteiger partial charge in [0.05, 0.1) is 32.1 Å². The first-order valence-corrected chi connectivity index (χ1v) is 18.8. The Hall–Kier alpha value is -2.27. The molecule has 0 amide bonds. The quantitative estimate of drug-likeness (QED) is 0.220. The van der Waals surface area contributed by atoms with Gasteiger partial charge in [0, 0.05) is 13.3 Å². The van der Waals surface area contributed by atoms with E-state index in [1.165, 1.54) is 51.8 Å². The number of ether oxygens (including phenoxy) is 3. The number of hydrogen-bond acceptors (Lipinski definition) is 16. The first kappa shape index (κ1) is 32.3. The van der Waals surface area contributed by atoms with Crippen LogP contribution in [-0.2, 0) is 55.9 Å². The van der Waals surface area contributed by atoms with Crippen LogP contribution in [0.1, 0.15) is 24.3 Å². The molecule has 7 N–H and O–H groups in total. The Morgan fingerprint density at radius 2 is 1.80 bits per heavy atom. The molecule has 2 bridgehead atoms. The van der Waals surface area contributed by atoms with Crippen LogP contribution in [0, 0.1) is 0 Å². The highest BCUT2D eigenvalue weighted by molar-refractivity contribution is 8.07. The zero-order valence-corrected chi connectivity index (χ0v) is 27.0. The Bertz CT molecular complexity index is 1840. The van der Waals surface area contributed by atoms with Crippen molar-refractivity contribution in [3.8, 4) is 0 Å². The minimum atomic E-state index is -4.20. The standard InChI is InChI=1S/C22H28FN9O10P2S2/c1-36-16-10-6-38-43(34,45)41-15-9(39-20(13(15)23)32-8-28-14-18(25)26-7-27-19(14)32)5-37-44(35,46)42-17(16)21(40-10)30-3-2-12-29-11(24)4-31(12)22(30)33/h2-4,7-10,13,15-18,20-21H,5-6,24-25H2,1H3,(H,26,27)(H,34,45)(H,35,46)/t9-,10-,13-,15-,16-,17-,18?,20-,21-,43?,44?/m1/s1. The number of nitrogens with two attached hydrogens (primary N) is 2. The molecule has 3 saturated heterocycles. The summed E-state index contributed by atoms with van der Waals surface area (Å²) in [7, 11) is 1.34. The van der Waals surface area contributed by atoms with E-state index < -0.39 is 87.7 Å². The van der Waals surface area contributed by atoms with E-state index in [-0.39, 0.29) is 11.5 Å². The summed E-state index contributed by atoms with van der Waals surface area (Å²) in [5.74, 6) is 0.447. The maximum absolute atomic E-state index is 16.1. The number of methoxy groups -OCH3 is 1. The lowest BCUT2D eigenvalue weighted by atomic mass is 10.1. The second-order valence-electron chi connectivity index (χ2n) is 10.6. The molecular weight excluding hydrogens is 695 g/mol. The van der Waals surface area contributed by atoms with Crippen LogP contribution in [0.4, 0.5) is 16.0 Å². The summed E-state index contributed by atoms with van der Waals surface area (Å²) in [5, 5.41) is 2.87. The predicted octanol–water partition coefficient (Wildman–Crippen LogP) is -0.215. The normalized spacial score (nSPS) is 39.6. The fourth-order valence-electron chi connectivity index (χ4n) is 5.74. The molecule has 7 rings (SSSR count). The maximum atomic E-state index is 16.1. The molecule has 11 atom stereocenters. The number of nitrogen functional groups attached to an aromatic ring is 1. The highest BCUT2D eigenvalue weighted by Crippen LogP contribution is 2.54. The van der Waals surface area contributed by atoms with Gasteiger partial charge in [-0.25, -0.2) is 23.6 Å². The van der Waals surface area contributed by atoms with Gasteiger partial charge in [0.1, 0.15) is 59.7 Å². The number of hydrogen-bond donors (Lipinski definition) is 5. The number of halogens is 1.